The van der Waals surface area contributed by atoms with Gasteiger partial charge in [-0.15, -0.1) is 0 Å². The van der Waals surface area contributed by atoms with E-state index in [1.54, 1.807) is 0 Å². The molecule has 1 amide bonds. The molecule has 2 N–H and O–H groups in total. The molecular formula is C11H22N2O2. The van der Waals surface area contributed by atoms with Crippen molar-refractivity contribution in [2.75, 3.05) is 19.8 Å². The predicted octanol–water partition coefficient (Wildman–Crippen LogP) is 0.670. The van der Waals surface area contributed by atoms with E-state index in [1.165, 1.54) is 0 Å². The van der Waals surface area contributed by atoms with Crippen LogP contribution in [0, 0.1) is 0 Å². The monoisotopic (exact) mass is 214 g/mol. The van der Waals surface area contributed by atoms with E-state index >= 15 is 0 Å². The van der Waals surface area contributed by atoms with Gasteiger partial charge in [0.1, 0.15) is 0 Å². The van der Waals surface area contributed by atoms with Crippen molar-refractivity contribution in [2.24, 2.45) is 0 Å². The number of nitrogens with one attached hydrogen (secondary N) is 2. The van der Waals surface area contributed by atoms with Crippen LogP contribution in [-0.2, 0) is 9.53 Å². The highest BCUT2D eigenvalue weighted by atomic mass is 16.5. The van der Waals surface area contributed by atoms with Gasteiger partial charge in [0, 0.05) is 12.1 Å². The summed E-state index contributed by atoms with van der Waals surface area (Å²) < 4.78 is 5.29. The van der Waals surface area contributed by atoms with E-state index < -0.39 is 0 Å². The number of amides is 1. The Labute approximate surface area is 91.8 Å². The van der Waals surface area contributed by atoms with Crippen molar-refractivity contribution in [1.82, 2.24) is 10.6 Å². The molecule has 15 heavy (non-hydrogen) atoms. The highest BCUT2D eigenvalue weighted by molar-refractivity contribution is 5.78. The summed E-state index contributed by atoms with van der Waals surface area (Å²) in [7, 11) is 0. The summed E-state index contributed by atoms with van der Waals surface area (Å²) >= 11 is 0. The average Bonchev–Trinajstić information content (AvgIpc) is 2.15. The maximum atomic E-state index is 11.5. The molecule has 1 rings (SSSR count). The van der Waals surface area contributed by atoms with Crippen LogP contribution in [0.25, 0.3) is 0 Å². The van der Waals surface area contributed by atoms with Gasteiger partial charge >= 0.3 is 0 Å². The molecule has 88 valence electrons. The van der Waals surface area contributed by atoms with Gasteiger partial charge in [-0.25, -0.2) is 0 Å². The lowest BCUT2D eigenvalue weighted by molar-refractivity contribution is -0.122. The Hall–Kier alpha value is -0.610. The fraction of sp³-hybridized carbons (Fsp3) is 0.909. The largest absolute Gasteiger partial charge is 0.379 e. The third-order valence-corrected chi connectivity index (χ3v) is 2.30. The summed E-state index contributed by atoms with van der Waals surface area (Å²) in [5, 5.41) is 6.12. The molecule has 1 heterocycles. The molecule has 4 heteroatoms. The smallest absolute Gasteiger partial charge is 0.234 e. The second-order valence-corrected chi connectivity index (χ2v) is 5.09. The first kappa shape index (κ1) is 12.5. The fourth-order valence-corrected chi connectivity index (χ4v) is 1.48. The van der Waals surface area contributed by atoms with E-state index in [2.05, 4.69) is 10.6 Å². The Balaban J connectivity index is 2.17. The van der Waals surface area contributed by atoms with Gasteiger partial charge in [-0.3, -0.25) is 4.79 Å². The van der Waals surface area contributed by atoms with Gasteiger partial charge in [0.05, 0.1) is 19.2 Å². The standard InChI is InChI=1S/C11H22N2O2/c1-11(2,3)12-7-10(14)13-9-5-4-6-15-8-9/h9,12H,4-8H2,1-3H3,(H,13,14). The van der Waals surface area contributed by atoms with Crippen molar-refractivity contribution in [1.29, 1.82) is 0 Å². The van der Waals surface area contributed by atoms with Crippen LogP contribution in [0.15, 0.2) is 0 Å². The van der Waals surface area contributed by atoms with Crippen molar-refractivity contribution in [3.63, 3.8) is 0 Å². The van der Waals surface area contributed by atoms with E-state index in [1.807, 2.05) is 20.8 Å². The molecule has 1 saturated heterocycles. The molecule has 1 fully saturated rings. The molecule has 0 bridgehead atoms. The predicted molar refractivity (Wildman–Crippen MR) is 59.7 cm³/mol. The second kappa shape index (κ2) is 5.47. The van der Waals surface area contributed by atoms with Crippen LogP contribution < -0.4 is 10.6 Å². The van der Waals surface area contributed by atoms with Crippen molar-refractivity contribution >= 4 is 5.91 Å². The van der Waals surface area contributed by atoms with Gasteiger partial charge in [0.2, 0.25) is 5.91 Å². The summed E-state index contributed by atoms with van der Waals surface area (Å²) in [5.74, 6) is 0.0559. The minimum absolute atomic E-state index is 0.0135. The van der Waals surface area contributed by atoms with E-state index in [-0.39, 0.29) is 17.5 Å². The van der Waals surface area contributed by atoms with Crippen LogP contribution in [0.5, 0.6) is 0 Å². The highest BCUT2D eigenvalue weighted by Gasteiger charge is 2.17. The van der Waals surface area contributed by atoms with Crippen LogP contribution in [-0.4, -0.2) is 37.2 Å². The number of rotatable bonds is 3. The van der Waals surface area contributed by atoms with Gasteiger partial charge in [0.25, 0.3) is 0 Å². The normalized spacial score (nSPS) is 22.5. The maximum absolute atomic E-state index is 11.5. The second-order valence-electron chi connectivity index (χ2n) is 5.09. The first-order chi connectivity index (χ1) is 6.97. The minimum Gasteiger partial charge on any atom is -0.379 e. The van der Waals surface area contributed by atoms with E-state index in [4.69, 9.17) is 4.74 Å². The Morgan fingerprint density at radius 1 is 1.47 bits per heavy atom. The van der Waals surface area contributed by atoms with Gasteiger partial charge in [-0.2, -0.15) is 0 Å². The molecule has 0 saturated carbocycles. The number of hydrogen-bond acceptors (Lipinski definition) is 3. The van der Waals surface area contributed by atoms with Gasteiger partial charge in [-0.1, -0.05) is 0 Å². The molecule has 0 aromatic rings. The Morgan fingerprint density at radius 3 is 2.73 bits per heavy atom. The molecular weight excluding hydrogens is 192 g/mol. The van der Waals surface area contributed by atoms with E-state index in [0.29, 0.717) is 13.2 Å². The van der Waals surface area contributed by atoms with Crippen LogP contribution in [0.2, 0.25) is 0 Å². The lowest BCUT2D eigenvalue weighted by Crippen LogP contribution is -2.47. The zero-order valence-electron chi connectivity index (χ0n) is 9.93. The summed E-state index contributed by atoms with van der Waals surface area (Å²) in [4.78, 5) is 11.5. The van der Waals surface area contributed by atoms with Crippen molar-refractivity contribution in [2.45, 2.75) is 45.2 Å². The van der Waals surface area contributed by atoms with Gasteiger partial charge in [-0.05, 0) is 33.6 Å². The van der Waals surface area contributed by atoms with Crippen LogP contribution in [0.3, 0.4) is 0 Å². The number of ether oxygens (including phenoxy) is 1. The summed E-state index contributed by atoms with van der Waals surface area (Å²) in [5.41, 5.74) is -0.0135. The summed E-state index contributed by atoms with van der Waals surface area (Å²) in [6.45, 7) is 7.99. The SMILES string of the molecule is CC(C)(C)NCC(=O)NC1CCCOC1. The lowest BCUT2D eigenvalue weighted by Gasteiger charge is -2.25. The molecule has 4 nitrogen and oxygen atoms in total. The quantitative estimate of drug-likeness (QED) is 0.726. The van der Waals surface area contributed by atoms with Gasteiger partial charge < -0.3 is 15.4 Å². The summed E-state index contributed by atoms with van der Waals surface area (Å²) in [6, 6.07) is 0.202. The van der Waals surface area contributed by atoms with Gasteiger partial charge in [0.15, 0.2) is 0 Å². The molecule has 0 spiro atoms. The highest BCUT2D eigenvalue weighted by Crippen LogP contribution is 2.05. The molecule has 1 aliphatic heterocycles. The molecule has 1 aliphatic rings. The lowest BCUT2D eigenvalue weighted by atomic mass is 10.1. The number of carbonyl (C=O) groups is 1. The van der Waals surface area contributed by atoms with Crippen molar-refractivity contribution < 1.29 is 9.53 Å². The third kappa shape index (κ3) is 5.74. The van der Waals surface area contributed by atoms with Crippen molar-refractivity contribution in [3.8, 4) is 0 Å². The van der Waals surface area contributed by atoms with Crippen LogP contribution in [0.1, 0.15) is 33.6 Å². The van der Waals surface area contributed by atoms with E-state index in [0.717, 1.165) is 19.4 Å². The Morgan fingerprint density at radius 2 is 2.20 bits per heavy atom. The molecule has 0 aliphatic carbocycles. The first-order valence-electron chi connectivity index (χ1n) is 5.59. The molecule has 0 aromatic heterocycles. The topological polar surface area (TPSA) is 50.4 Å². The Kier molecular flexibility index (Phi) is 4.54. The minimum atomic E-state index is -0.0135. The molecule has 0 radical (unpaired) electrons. The molecule has 1 atom stereocenters. The zero-order valence-corrected chi connectivity index (χ0v) is 9.93. The van der Waals surface area contributed by atoms with Crippen LogP contribution >= 0.6 is 0 Å². The van der Waals surface area contributed by atoms with E-state index in [9.17, 15) is 4.79 Å². The fourth-order valence-electron chi connectivity index (χ4n) is 1.48. The van der Waals surface area contributed by atoms with Crippen molar-refractivity contribution in [3.05, 3.63) is 0 Å². The zero-order chi connectivity index (χ0) is 11.3. The van der Waals surface area contributed by atoms with Crippen LogP contribution in [0.4, 0.5) is 0 Å². The third-order valence-electron chi connectivity index (χ3n) is 2.30. The maximum Gasteiger partial charge on any atom is 0.234 e. The molecule has 0 aromatic carbocycles. The Bertz CT molecular complexity index is 205. The summed E-state index contributed by atoms with van der Waals surface area (Å²) in [6.07, 6.45) is 2.07. The average molecular weight is 214 g/mol. The molecule has 1 unspecified atom stereocenters. The first-order valence-corrected chi connectivity index (χ1v) is 5.59. The number of hydrogen-bond donors (Lipinski definition) is 2. The number of carbonyl (C=O) groups excluding carboxylic acids is 1.